The van der Waals surface area contributed by atoms with E-state index in [4.69, 9.17) is 4.42 Å². The molecule has 162 valence electrons. The summed E-state index contributed by atoms with van der Waals surface area (Å²) in [5, 5.41) is 0. The molecule has 3 aromatic rings. The summed E-state index contributed by atoms with van der Waals surface area (Å²) in [6.45, 7) is 4.05. The SMILES string of the molecule is CC(=O)C(c1cccc(CCc2ccccc2)c1)N1CCc2cc(CN(C)C)oc2C1. The molecule has 4 nitrogen and oxygen atoms in total. The molecular weight excluding hydrogens is 384 g/mol. The largest absolute Gasteiger partial charge is 0.463 e. The summed E-state index contributed by atoms with van der Waals surface area (Å²) in [5.41, 5.74) is 4.98. The van der Waals surface area contributed by atoms with Gasteiger partial charge in [-0.15, -0.1) is 0 Å². The van der Waals surface area contributed by atoms with Gasteiger partial charge < -0.3 is 9.32 Å². The van der Waals surface area contributed by atoms with Gasteiger partial charge in [0.1, 0.15) is 11.5 Å². The van der Waals surface area contributed by atoms with Crippen LogP contribution >= 0.6 is 0 Å². The molecular formula is C27H32N2O2. The number of furan rings is 1. The van der Waals surface area contributed by atoms with E-state index in [-0.39, 0.29) is 11.8 Å². The maximum atomic E-state index is 12.7. The van der Waals surface area contributed by atoms with E-state index in [9.17, 15) is 4.79 Å². The Hall–Kier alpha value is -2.69. The number of aryl methyl sites for hydroxylation is 2. The minimum atomic E-state index is -0.229. The lowest BCUT2D eigenvalue weighted by molar-refractivity contribution is -0.122. The van der Waals surface area contributed by atoms with E-state index >= 15 is 0 Å². The first-order chi connectivity index (χ1) is 15.0. The van der Waals surface area contributed by atoms with Crippen LogP contribution in [0.25, 0.3) is 0 Å². The maximum Gasteiger partial charge on any atom is 0.151 e. The predicted octanol–water partition coefficient (Wildman–Crippen LogP) is 4.81. The Morgan fingerprint density at radius 3 is 2.52 bits per heavy atom. The Balaban J connectivity index is 1.50. The van der Waals surface area contributed by atoms with Crippen molar-refractivity contribution in [2.24, 2.45) is 0 Å². The van der Waals surface area contributed by atoms with Crippen LogP contribution in [0.15, 0.2) is 65.1 Å². The van der Waals surface area contributed by atoms with Gasteiger partial charge in [0.15, 0.2) is 5.78 Å². The quantitative estimate of drug-likeness (QED) is 0.528. The van der Waals surface area contributed by atoms with Gasteiger partial charge in [-0.3, -0.25) is 9.69 Å². The van der Waals surface area contributed by atoms with Gasteiger partial charge in [0.05, 0.1) is 19.1 Å². The molecule has 1 aliphatic rings. The number of rotatable bonds is 8. The van der Waals surface area contributed by atoms with Crippen molar-refractivity contribution in [1.29, 1.82) is 0 Å². The third kappa shape index (κ3) is 5.33. The number of benzene rings is 2. The summed E-state index contributed by atoms with van der Waals surface area (Å²) in [5.74, 6) is 2.19. The molecule has 2 heterocycles. The van der Waals surface area contributed by atoms with Crippen molar-refractivity contribution in [3.63, 3.8) is 0 Å². The second kappa shape index (κ2) is 9.63. The van der Waals surface area contributed by atoms with Gasteiger partial charge in [-0.1, -0.05) is 54.6 Å². The molecule has 1 aliphatic heterocycles. The molecule has 1 atom stereocenters. The van der Waals surface area contributed by atoms with Gasteiger partial charge in [0.25, 0.3) is 0 Å². The lowest BCUT2D eigenvalue weighted by atomic mass is 9.95. The zero-order valence-corrected chi connectivity index (χ0v) is 18.8. The number of carbonyl (C=O) groups is 1. The molecule has 0 fully saturated rings. The van der Waals surface area contributed by atoms with Crippen LogP contribution in [0, 0.1) is 0 Å². The van der Waals surface area contributed by atoms with Crippen LogP contribution in [0.5, 0.6) is 0 Å². The molecule has 0 aliphatic carbocycles. The minimum absolute atomic E-state index is 0.184. The van der Waals surface area contributed by atoms with Gasteiger partial charge in [0.2, 0.25) is 0 Å². The highest BCUT2D eigenvalue weighted by Crippen LogP contribution is 2.31. The van der Waals surface area contributed by atoms with E-state index < -0.39 is 0 Å². The minimum Gasteiger partial charge on any atom is -0.463 e. The Labute approximate surface area is 185 Å². The molecule has 0 amide bonds. The van der Waals surface area contributed by atoms with Crippen molar-refractivity contribution in [2.75, 3.05) is 20.6 Å². The molecule has 31 heavy (non-hydrogen) atoms. The molecule has 0 N–H and O–H groups in total. The molecule has 4 rings (SSSR count). The summed E-state index contributed by atoms with van der Waals surface area (Å²) in [7, 11) is 4.09. The normalized spacial score (nSPS) is 15.1. The first-order valence-electron chi connectivity index (χ1n) is 11.1. The molecule has 0 spiro atoms. The average molecular weight is 417 g/mol. The lowest BCUT2D eigenvalue weighted by Crippen LogP contribution is -2.37. The highest BCUT2D eigenvalue weighted by Gasteiger charge is 2.30. The second-order valence-electron chi connectivity index (χ2n) is 8.86. The standard InChI is InChI=1S/C27H32N2O2/c1-20(30)27(29-15-14-23-17-25(18-28(2)3)31-26(23)19-29)24-11-7-10-22(16-24)13-12-21-8-5-4-6-9-21/h4-11,16-17,27H,12-15,18-19H2,1-3H3. The van der Waals surface area contributed by atoms with E-state index in [1.54, 1.807) is 6.92 Å². The zero-order valence-electron chi connectivity index (χ0n) is 18.8. The number of carbonyl (C=O) groups excluding carboxylic acids is 1. The third-order valence-electron chi connectivity index (χ3n) is 6.00. The highest BCUT2D eigenvalue weighted by molar-refractivity contribution is 5.83. The fourth-order valence-corrected chi connectivity index (χ4v) is 4.57. The van der Waals surface area contributed by atoms with E-state index in [0.29, 0.717) is 6.54 Å². The van der Waals surface area contributed by atoms with Gasteiger partial charge >= 0.3 is 0 Å². The first-order valence-corrected chi connectivity index (χ1v) is 11.1. The third-order valence-corrected chi connectivity index (χ3v) is 6.00. The molecule has 1 unspecified atom stereocenters. The van der Waals surface area contributed by atoms with Crippen molar-refractivity contribution in [1.82, 2.24) is 9.80 Å². The number of hydrogen-bond donors (Lipinski definition) is 0. The lowest BCUT2D eigenvalue weighted by Gasteiger charge is -2.32. The fourth-order valence-electron chi connectivity index (χ4n) is 4.57. The van der Waals surface area contributed by atoms with Crippen molar-refractivity contribution < 1.29 is 9.21 Å². The number of nitrogens with zero attached hydrogens (tertiary/aromatic N) is 2. The second-order valence-corrected chi connectivity index (χ2v) is 8.86. The Kier molecular flexibility index (Phi) is 6.69. The van der Waals surface area contributed by atoms with Gasteiger partial charge in [-0.05, 0) is 68.6 Å². The first kappa shape index (κ1) is 21.5. The zero-order chi connectivity index (χ0) is 21.8. The molecule has 4 heteroatoms. The smallest absolute Gasteiger partial charge is 0.151 e. The van der Waals surface area contributed by atoms with Crippen LogP contribution in [0.2, 0.25) is 0 Å². The molecule has 0 bridgehead atoms. The highest BCUT2D eigenvalue weighted by atomic mass is 16.3. The molecule has 0 saturated carbocycles. The number of Topliss-reactive ketones (excluding diaryl/α,β-unsaturated/α-hetero) is 1. The monoisotopic (exact) mass is 416 g/mol. The molecule has 2 aromatic carbocycles. The Morgan fingerprint density at radius 2 is 1.77 bits per heavy atom. The van der Waals surface area contributed by atoms with Crippen LogP contribution < -0.4 is 0 Å². The van der Waals surface area contributed by atoms with Crippen molar-refractivity contribution >= 4 is 5.78 Å². The molecule has 1 aromatic heterocycles. The van der Waals surface area contributed by atoms with Gasteiger partial charge in [0, 0.05) is 6.54 Å². The molecule has 0 saturated heterocycles. The van der Waals surface area contributed by atoms with Crippen molar-refractivity contribution in [3.8, 4) is 0 Å². The summed E-state index contributed by atoms with van der Waals surface area (Å²) in [6.07, 6.45) is 2.89. The number of fused-ring (bicyclic) bond motifs is 1. The predicted molar refractivity (Wildman–Crippen MR) is 124 cm³/mol. The number of ketones is 1. The van der Waals surface area contributed by atoms with E-state index in [2.05, 4.69) is 64.4 Å². The number of hydrogen-bond acceptors (Lipinski definition) is 4. The van der Waals surface area contributed by atoms with E-state index in [1.165, 1.54) is 16.7 Å². The van der Waals surface area contributed by atoms with Crippen LogP contribution in [-0.2, 0) is 37.1 Å². The Morgan fingerprint density at radius 1 is 1.03 bits per heavy atom. The van der Waals surface area contributed by atoms with Crippen LogP contribution in [0.4, 0.5) is 0 Å². The van der Waals surface area contributed by atoms with Gasteiger partial charge in [-0.2, -0.15) is 0 Å². The topological polar surface area (TPSA) is 36.7 Å². The van der Waals surface area contributed by atoms with Crippen LogP contribution in [0.1, 0.15) is 46.7 Å². The van der Waals surface area contributed by atoms with E-state index in [0.717, 1.165) is 49.4 Å². The summed E-state index contributed by atoms with van der Waals surface area (Å²) >= 11 is 0. The van der Waals surface area contributed by atoms with Crippen molar-refractivity contribution in [2.45, 2.75) is 45.3 Å². The fraction of sp³-hybridized carbons (Fsp3) is 0.370. The summed E-state index contributed by atoms with van der Waals surface area (Å²) in [6, 6.07) is 21.1. The van der Waals surface area contributed by atoms with Crippen LogP contribution in [-0.4, -0.2) is 36.2 Å². The summed E-state index contributed by atoms with van der Waals surface area (Å²) < 4.78 is 6.13. The van der Waals surface area contributed by atoms with Crippen molar-refractivity contribution in [3.05, 3.63) is 94.4 Å². The van der Waals surface area contributed by atoms with E-state index in [1.807, 2.05) is 20.2 Å². The average Bonchev–Trinajstić information content (AvgIpc) is 3.14. The maximum absolute atomic E-state index is 12.7. The summed E-state index contributed by atoms with van der Waals surface area (Å²) in [4.78, 5) is 17.1. The Bertz CT molecular complexity index is 1020. The molecule has 0 radical (unpaired) electrons. The van der Waals surface area contributed by atoms with Crippen LogP contribution in [0.3, 0.4) is 0 Å². The van der Waals surface area contributed by atoms with Gasteiger partial charge in [-0.25, -0.2) is 0 Å².